The van der Waals surface area contributed by atoms with E-state index in [0.29, 0.717) is 42.5 Å². The van der Waals surface area contributed by atoms with Crippen molar-refractivity contribution in [1.29, 1.82) is 0 Å². The first-order valence-corrected chi connectivity index (χ1v) is 13.0. The van der Waals surface area contributed by atoms with Gasteiger partial charge in [-0.05, 0) is 52.3 Å². The molecule has 1 aromatic rings. The molecule has 0 aromatic heterocycles. The van der Waals surface area contributed by atoms with Crippen molar-refractivity contribution in [2.75, 3.05) is 39.3 Å². The topological polar surface area (TPSA) is 94.2 Å². The molecule has 3 rings (SSSR count). The third-order valence-electron chi connectivity index (χ3n) is 6.28. The zero-order valence-corrected chi connectivity index (χ0v) is 23.1. The Morgan fingerprint density at radius 3 is 2.49 bits per heavy atom. The molecule has 9 nitrogen and oxygen atoms in total. The SMILES string of the molecule is C=CCN1C(=O)N[C@@H](c2ccc(Cl)cc2)C(C(=O)OCC)=C1CN1CCN(C(=O)NC(C)(C)C)[C@H](C)C1. The summed E-state index contributed by atoms with van der Waals surface area (Å²) in [5.74, 6) is -0.484. The highest BCUT2D eigenvalue weighted by atomic mass is 35.5. The standard InChI is InChI=1S/C27H38ClN5O4/c1-7-13-33-21(17-31-14-15-32(18(3)16-31)26(36)30-27(4,5)6)22(24(34)37-8-2)23(29-25(33)35)19-9-11-20(28)12-10-19/h7,9-12,18,23H,1,8,13-17H2,2-6H3,(H,29,35)(H,30,36)/t18-,23+/m1/s1. The van der Waals surface area contributed by atoms with Crippen LogP contribution in [0, 0.1) is 0 Å². The summed E-state index contributed by atoms with van der Waals surface area (Å²) in [5.41, 5.74) is 1.35. The third-order valence-corrected chi connectivity index (χ3v) is 6.53. The van der Waals surface area contributed by atoms with Crippen LogP contribution in [-0.4, -0.2) is 83.6 Å². The minimum Gasteiger partial charge on any atom is -0.463 e. The summed E-state index contributed by atoms with van der Waals surface area (Å²) >= 11 is 6.08. The Morgan fingerprint density at radius 1 is 1.24 bits per heavy atom. The smallest absolute Gasteiger partial charge is 0.338 e. The maximum atomic E-state index is 13.3. The maximum absolute atomic E-state index is 13.3. The van der Waals surface area contributed by atoms with Crippen molar-refractivity contribution < 1.29 is 19.1 Å². The van der Waals surface area contributed by atoms with E-state index in [9.17, 15) is 14.4 Å². The molecular formula is C27H38ClN5O4. The molecule has 1 saturated heterocycles. The minimum atomic E-state index is -0.684. The van der Waals surface area contributed by atoms with Gasteiger partial charge in [-0.1, -0.05) is 29.8 Å². The number of carbonyl (C=O) groups excluding carboxylic acids is 3. The third kappa shape index (κ3) is 7.05. The first-order valence-electron chi connectivity index (χ1n) is 12.6. The number of carbonyl (C=O) groups is 3. The molecule has 4 amide bonds. The number of urea groups is 2. The van der Waals surface area contributed by atoms with Crippen molar-refractivity contribution in [2.45, 2.75) is 52.2 Å². The van der Waals surface area contributed by atoms with E-state index in [1.54, 1.807) is 37.3 Å². The summed E-state index contributed by atoms with van der Waals surface area (Å²) in [5, 5.41) is 6.54. The number of nitrogens with zero attached hydrogens (tertiary/aromatic N) is 3. The number of rotatable bonds is 7. The molecule has 0 spiro atoms. The fourth-order valence-electron chi connectivity index (χ4n) is 4.63. The van der Waals surface area contributed by atoms with Gasteiger partial charge in [0.1, 0.15) is 0 Å². The van der Waals surface area contributed by atoms with E-state index in [1.165, 1.54) is 4.90 Å². The van der Waals surface area contributed by atoms with Crippen molar-refractivity contribution in [3.63, 3.8) is 0 Å². The van der Waals surface area contributed by atoms with Crippen molar-refractivity contribution >= 4 is 29.6 Å². The molecular weight excluding hydrogens is 494 g/mol. The molecule has 0 unspecified atom stereocenters. The van der Waals surface area contributed by atoms with Gasteiger partial charge in [-0.15, -0.1) is 6.58 Å². The quantitative estimate of drug-likeness (QED) is 0.411. The molecule has 10 heteroatoms. The summed E-state index contributed by atoms with van der Waals surface area (Å²) in [7, 11) is 0. The van der Waals surface area contributed by atoms with Gasteiger partial charge in [0, 0.05) is 55.0 Å². The number of piperazine rings is 1. The van der Waals surface area contributed by atoms with Crippen molar-refractivity contribution in [3.8, 4) is 0 Å². The Hall–Kier alpha value is -3.04. The number of benzene rings is 1. The van der Waals surface area contributed by atoms with Crippen LogP contribution in [0.4, 0.5) is 9.59 Å². The van der Waals surface area contributed by atoms with Crippen LogP contribution in [0.25, 0.3) is 0 Å². The minimum absolute atomic E-state index is 0.0555. The second kappa shape index (κ2) is 12.0. The summed E-state index contributed by atoms with van der Waals surface area (Å²) in [6.45, 7) is 15.9. The summed E-state index contributed by atoms with van der Waals surface area (Å²) in [6.07, 6.45) is 1.63. The second-order valence-electron chi connectivity index (χ2n) is 10.4. The Labute approximate surface area is 224 Å². The monoisotopic (exact) mass is 531 g/mol. The number of nitrogens with one attached hydrogen (secondary N) is 2. The molecule has 1 fully saturated rings. The van der Waals surface area contributed by atoms with Crippen LogP contribution < -0.4 is 10.6 Å². The lowest BCUT2D eigenvalue weighted by Gasteiger charge is -2.43. The normalized spacial score (nSPS) is 21.0. The Bertz CT molecular complexity index is 1050. The van der Waals surface area contributed by atoms with Gasteiger partial charge in [0.15, 0.2) is 0 Å². The van der Waals surface area contributed by atoms with Crippen molar-refractivity contribution in [2.24, 2.45) is 0 Å². The number of esters is 1. The highest BCUT2D eigenvalue weighted by Gasteiger charge is 2.39. The van der Waals surface area contributed by atoms with E-state index in [2.05, 4.69) is 22.1 Å². The average Bonchev–Trinajstić information content (AvgIpc) is 2.80. The zero-order chi connectivity index (χ0) is 27.3. The molecule has 0 saturated carbocycles. The van der Waals surface area contributed by atoms with E-state index < -0.39 is 12.0 Å². The van der Waals surface area contributed by atoms with Crippen LogP contribution >= 0.6 is 11.6 Å². The molecule has 2 aliphatic rings. The molecule has 0 radical (unpaired) electrons. The van der Waals surface area contributed by atoms with Gasteiger partial charge < -0.3 is 20.3 Å². The molecule has 0 bridgehead atoms. The Morgan fingerprint density at radius 2 is 1.92 bits per heavy atom. The van der Waals surface area contributed by atoms with Gasteiger partial charge in [-0.3, -0.25) is 9.80 Å². The Kier molecular flexibility index (Phi) is 9.26. The van der Waals surface area contributed by atoms with Crippen LogP contribution in [0.15, 0.2) is 48.2 Å². The number of amides is 4. The largest absolute Gasteiger partial charge is 0.463 e. The van der Waals surface area contributed by atoms with Crippen LogP contribution in [0.3, 0.4) is 0 Å². The fourth-order valence-corrected chi connectivity index (χ4v) is 4.76. The van der Waals surface area contributed by atoms with Crippen LogP contribution in [-0.2, 0) is 9.53 Å². The van der Waals surface area contributed by atoms with E-state index >= 15 is 0 Å². The number of ether oxygens (including phenoxy) is 1. The molecule has 2 N–H and O–H groups in total. The fraction of sp³-hybridized carbons (Fsp3) is 0.519. The van der Waals surface area contributed by atoms with Gasteiger partial charge in [0.2, 0.25) is 0 Å². The molecule has 2 aliphatic heterocycles. The molecule has 2 atom stereocenters. The second-order valence-corrected chi connectivity index (χ2v) is 10.8. The zero-order valence-electron chi connectivity index (χ0n) is 22.3. The lowest BCUT2D eigenvalue weighted by molar-refractivity contribution is -0.139. The average molecular weight is 532 g/mol. The molecule has 0 aliphatic carbocycles. The summed E-state index contributed by atoms with van der Waals surface area (Å²) < 4.78 is 5.45. The van der Waals surface area contributed by atoms with Crippen LogP contribution in [0.2, 0.25) is 5.02 Å². The first-order chi connectivity index (χ1) is 17.4. The van der Waals surface area contributed by atoms with E-state index in [0.717, 1.165) is 5.56 Å². The van der Waals surface area contributed by atoms with Crippen molar-refractivity contribution in [1.82, 2.24) is 25.3 Å². The van der Waals surface area contributed by atoms with E-state index in [4.69, 9.17) is 16.3 Å². The van der Waals surface area contributed by atoms with Crippen molar-refractivity contribution in [3.05, 3.63) is 58.8 Å². The van der Waals surface area contributed by atoms with Crippen LogP contribution in [0.1, 0.15) is 46.2 Å². The number of hydrogen-bond acceptors (Lipinski definition) is 5. The molecule has 2 heterocycles. The number of hydrogen-bond donors (Lipinski definition) is 2. The van der Waals surface area contributed by atoms with E-state index in [1.807, 2.05) is 32.6 Å². The first kappa shape index (κ1) is 28.5. The van der Waals surface area contributed by atoms with Gasteiger partial charge in [0.05, 0.1) is 18.2 Å². The lowest BCUT2D eigenvalue weighted by Crippen LogP contribution is -2.59. The number of halogens is 1. The Balaban J connectivity index is 1.95. The molecule has 202 valence electrons. The summed E-state index contributed by atoms with van der Waals surface area (Å²) in [4.78, 5) is 44.8. The predicted molar refractivity (Wildman–Crippen MR) is 144 cm³/mol. The lowest BCUT2D eigenvalue weighted by atomic mass is 9.94. The van der Waals surface area contributed by atoms with Gasteiger partial charge in [-0.2, -0.15) is 0 Å². The molecule has 1 aromatic carbocycles. The van der Waals surface area contributed by atoms with Crippen LogP contribution in [0.5, 0.6) is 0 Å². The van der Waals surface area contributed by atoms with Gasteiger partial charge in [0.25, 0.3) is 0 Å². The van der Waals surface area contributed by atoms with E-state index in [-0.39, 0.29) is 36.8 Å². The highest BCUT2D eigenvalue weighted by molar-refractivity contribution is 6.30. The predicted octanol–water partition coefficient (Wildman–Crippen LogP) is 3.92. The maximum Gasteiger partial charge on any atom is 0.338 e. The molecule has 37 heavy (non-hydrogen) atoms. The van der Waals surface area contributed by atoms with Gasteiger partial charge in [-0.25, -0.2) is 14.4 Å². The van der Waals surface area contributed by atoms with Gasteiger partial charge >= 0.3 is 18.0 Å². The summed E-state index contributed by atoms with van der Waals surface area (Å²) in [6, 6.07) is 5.88. The highest BCUT2D eigenvalue weighted by Crippen LogP contribution is 2.33.